The Kier molecular flexibility index (Phi) is 5.29. The maximum absolute atomic E-state index is 10.8. The van der Waals surface area contributed by atoms with Crippen LogP contribution in [-0.4, -0.2) is 22.8 Å². The van der Waals surface area contributed by atoms with E-state index in [-0.39, 0.29) is 5.97 Å². The highest BCUT2D eigenvalue weighted by Gasteiger charge is 2.24. The van der Waals surface area contributed by atoms with Crippen molar-refractivity contribution in [2.75, 3.05) is 0 Å². The lowest BCUT2D eigenvalue weighted by Crippen LogP contribution is -2.29. The highest BCUT2D eigenvalue weighted by Crippen LogP contribution is 2.21. The predicted molar refractivity (Wildman–Crippen MR) is 60.4 cm³/mol. The minimum atomic E-state index is -0.706. The molecule has 1 N–H and O–H groups in total. The molecule has 0 unspecified atom stereocenters. The molecule has 3 nitrogen and oxygen atoms in total. The fraction of sp³-hybridized carbons (Fsp3) is 0.583. The standard InChI is InChI=1S/C12H20O3/c1-6-12(5,15-10(4)13)8-7-11(14)9(2)3/h6,11,14H,1-2,7-8H2,3-5H3/t11-,12+/m1/s1. The molecule has 86 valence electrons. The number of rotatable bonds is 6. The summed E-state index contributed by atoms with van der Waals surface area (Å²) in [5, 5.41) is 9.55. The minimum absolute atomic E-state index is 0.345. The Hall–Kier alpha value is -1.09. The third kappa shape index (κ3) is 5.37. The molecule has 0 radical (unpaired) electrons. The number of carbonyl (C=O) groups is 1. The van der Waals surface area contributed by atoms with Crippen molar-refractivity contribution in [1.29, 1.82) is 0 Å². The van der Waals surface area contributed by atoms with Crippen LogP contribution in [0.5, 0.6) is 0 Å². The summed E-state index contributed by atoms with van der Waals surface area (Å²) in [7, 11) is 0. The number of ether oxygens (including phenoxy) is 1. The maximum Gasteiger partial charge on any atom is 0.303 e. The van der Waals surface area contributed by atoms with Gasteiger partial charge in [0, 0.05) is 6.92 Å². The van der Waals surface area contributed by atoms with Crippen molar-refractivity contribution >= 4 is 5.97 Å². The zero-order chi connectivity index (χ0) is 12.1. The van der Waals surface area contributed by atoms with E-state index in [4.69, 9.17) is 4.74 Å². The topological polar surface area (TPSA) is 46.5 Å². The van der Waals surface area contributed by atoms with Gasteiger partial charge in [-0.3, -0.25) is 4.79 Å². The summed E-state index contributed by atoms with van der Waals surface area (Å²) in [5.74, 6) is -0.345. The van der Waals surface area contributed by atoms with Gasteiger partial charge in [-0.05, 0) is 32.8 Å². The molecular formula is C12H20O3. The third-order valence-corrected chi connectivity index (χ3v) is 2.29. The van der Waals surface area contributed by atoms with Gasteiger partial charge in [0.05, 0.1) is 6.10 Å². The molecule has 0 aromatic carbocycles. The van der Waals surface area contributed by atoms with Crippen LogP contribution < -0.4 is 0 Å². The summed E-state index contributed by atoms with van der Waals surface area (Å²) >= 11 is 0. The van der Waals surface area contributed by atoms with E-state index < -0.39 is 11.7 Å². The van der Waals surface area contributed by atoms with E-state index in [1.165, 1.54) is 6.92 Å². The van der Waals surface area contributed by atoms with Crippen molar-refractivity contribution in [3.05, 3.63) is 24.8 Å². The van der Waals surface area contributed by atoms with Gasteiger partial charge in [0.2, 0.25) is 0 Å². The fourth-order valence-electron chi connectivity index (χ4n) is 1.19. The van der Waals surface area contributed by atoms with Crippen LogP contribution in [0.3, 0.4) is 0 Å². The van der Waals surface area contributed by atoms with E-state index in [2.05, 4.69) is 13.2 Å². The van der Waals surface area contributed by atoms with Crippen molar-refractivity contribution < 1.29 is 14.6 Å². The van der Waals surface area contributed by atoms with Crippen LogP contribution in [-0.2, 0) is 9.53 Å². The average molecular weight is 212 g/mol. The van der Waals surface area contributed by atoms with Crippen LogP contribution in [0.15, 0.2) is 24.8 Å². The molecule has 3 heteroatoms. The monoisotopic (exact) mass is 212 g/mol. The smallest absolute Gasteiger partial charge is 0.303 e. The molecule has 0 aromatic heterocycles. The largest absolute Gasteiger partial charge is 0.455 e. The van der Waals surface area contributed by atoms with Gasteiger partial charge in [-0.25, -0.2) is 0 Å². The van der Waals surface area contributed by atoms with Crippen molar-refractivity contribution in [2.24, 2.45) is 0 Å². The average Bonchev–Trinajstić information content (AvgIpc) is 2.13. The fourth-order valence-corrected chi connectivity index (χ4v) is 1.19. The molecule has 0 saturated carbocycles. The Balaban J connectivity index is 4.26. The van der Waals surface area contributed by atoms with Crippen LogP contribution in [0.1, 0.15) is 33.6 Å². The summed E-state index contributed by atoms with van der Waals surface area (Å²) in [6.45, 7) is 12.2. The molecule has 0 aliphatic rings. The molecule has 0 aliphatic carbocycles. The van der Waals surface area contributed by atoms with Gasteiger partial charge in [0.25, 0.3) is 0 Å². The van der Waals surface area contributed by atoms with Crippen LogP contribution >= 0.6 is 0 Å². The Labute approximate surface area is 91.4 Å². The molecule has 0 bridgehead atoms. The minimum Gasteiger partial charge on any atom is -0.455 e. The SMILES string of the molecule is C=C[C@@](C)(CC[C@@H](O)C(=C)C)OC(C)=O. The van der Waals surface area contributed by atoms with Crippen LogP contribution in [0.25, 0.3) is 0 Å². The lowest BCUT2D eigenvalue weighted by molar-refractivity contribution is -0.151. The van der Waals surface area contributed by atoms with Gasteiger partial charge in [-0.15, -0.1) is 0 Å². The number of carbonyl (C=O) groups excluding carboxylic acids is 1. The molecule has 2 atom stereocenters. The van der Waals surface area contributed by atoms with Crippen LogP contribution in [0, 0.1) is 0 Å². The number of esters is 1. The summed E-state index contributed by atoms with van der Waals surface area (Å²) < 4.78 is 5.12. The second-order valence-electron chi connectivity index (χ2n) is 4.01. The first-order valence-corrected chi connectivity index (χ1v) is 4.97. The van der Waals surface area contributed by atoms with E-state index in [1.54, 1.807) is 19.9 Å². The van der Waals surface area contributed by atoms with Gasteiger partial charge < -0.3 is 9.84 Å². The molecule has 0 aromatic rings. The quantitative estimate of drug-likeness (QED) is 0.542. The van der Waals surface area contributed by atoms with Gasteiger partial charge >= 0.3 is 5.97 Å². The highest BCUT2D eigenvalue weighted by atomic mass is 16.6. The number of hydrogen-bond donors (Lipinski definition) is 1. The first-order valence-electron chi connectivity index (χ1n) is 4.97. The normalized spacial score (nSPS) is 16.3. The zero-order valence-corrected chi connectivity index (χ0v) is 9.75. The Morgan fingerprint density at radius 3 is 2.47 bits per heavy atom. The molecule has 0 spiro atoms. The summed E-state index contributed by atoms with van der Waals surface area (Å²) in [5.41, 5.74) is 0.00617. The molecular weight excluding hydrogens is 192 g/mol. The summed E-state index contributed by atoms with van der Waals surface area (Å²) in [6.07, 6.45) is 2.06. The van der Waals surface area contributed by atoms with Crippen molar-refractivity contribution in [3.8, 4) is 0 Å². The third-order valence-electron chi connectivity index (χ3n) is 2.29. The molecule has 0 fully saturated rings. The molecule has 15 heavy (non-hydrogen) atoms. The van der Waals surface area contributed by atoms with E-state index in [0.29, 0.717) is 18.4 Å². The Morgan fingerprint density at radius 2 is 2.13 bits per heavy atom. The van der Waals surface area contributed by atoms with Gasteiger partial charge in [-0.2, -0.15) is 0 Å². The van der Waals surface area contributed by atoms with Crippen molar-refractivity contribution in [2.45, 2.75) is 45.3 Å². The van der Waals surface area contributed by atoms with E-state index in [0.717, 1.165) is 0 Å². The van der Waals surface area contributed by atoms with E-state index >= 15 is 0 Å². The Morgan fingerprint density at radius 1 is 1.60 bits per heavy atom. The second kappa shape index (κ2) is 5.71. The summed E-state index contributed by atoms with van der Waals surface area (Å²) in [4.78, 5) is 10.8. The lowest BCUT2D eigenvalue weighted by atomic mass is 9.96. The van der Waals surface area contributed by atoms with Crippen molar-refractivity contribution in [3.63, 3.8) is 0 Å². The van der Waals surface area contributed by atoms with Gasteiger partial charge in [0.15, 0.2) is 0 Å². The zero-order valence-electron chi connectivity index (χ0n) is 9.75. The van der Waals surface area contributed by atoms with Crippen molar-refractivity contribution in [1.82, 2.24) is 0 Å². The van der Waals surface area contributed by atoms with E-state index in [1.807, 2.05) is 0 Å². The molecule has 0 rings (SSSR count). The van der Waals surface area contributed by atoms with Crippen LogP contribution in [0.4, 0.5) is 0 Å². The maximum atomic E-state index is 10.8. The van der Waals surface area contributed by atoms with E-state index in [9.17, 15) is 9.90 Å². The van der Waals surface area contributed by atoms with Crippen LogP contribution in [0.2, 0.25) is 0 Å². The summed E-state index contributed by atoms with van der Waals surface area (Å²) in [6, 6.07) is 0. The number of hydrogen-bond acceptors (Lipinski definition) is 3. The highest BCUT2D eigenvalue weighted by molar-refractivity contribution is 5.66. The van der Waals surface area contributed by atoms with Gasteiger partial charge in [0.1, 0.15) is 5.60 Å². The second-order valence-corrected chi connectivity index (χ2v) is 4.01. The predicted octanol–water partition coefficient (Wildman–Crippen LogP) is 2.21. The number of aliphatic hydroxyl groups is 1. The molecule has 0 saturated heterocycles. The number of aliphatic hydroxyl groups excluding tert-OH is 1. The first-order chi connectivity index (χ1) is 6.80. The van der Waals surface area contributed by atoms with Gasteiger partial charge in [-0.1, -0.05) is 18.7 Å². The molecule has 0 heterocycles. The Bertz CT molecular complexity index is 258. The lowest BCUT2D eigenvalue weighted by Gasteiger charge is -2.26. The molecule has 0 amide bonds. The first kappa shape index (κ1) is 13.9. The molecule has 0 aliphatic heterocycles.